The van der Waals surface area contributed by atoms with Gasteiger partial charge in [0.15, 0.2) is 5.69 Å². The summed E-state index contributed by atoms with van der Waals surface area (Å²) in [6, 6.07) is 8.06. The van der Waals surface area contributed by atoms with E-state index >= 15 is 0 Å². The van der Waals surface area contributed by atoms with Gasteiger partial charge < -0.3 is 9.64 Å². The average molecular weight is 346 g/mol. The molecule has 2 rings (SSSR count). The number of benzene rings is 1. The highest BCUT2D eigenvalue weighted by atomic mass is 32.1. The standard InChI is InChI=1S/C18H24N3O2S/c1-6-23-18(22)11-16-13(2)21(5)17(24-16)12-19-14-7-9-15(10-8-14)20(3)4/h7-10,12H,6,11H2,1-5H3/q+1. The van der Waals surface area contributed by atoms with Crippen molar-refractivity contribution in [2.75, 3.05) is 25.6 Å². The molecule has 128 valence electrons. The van der Waals surface area contributed by atoms with Crippen molar-refractivity contribution in [2.24, 2.45) is 12.0 Å². The van der Waals surface area contributed by atoms with Gasteiger partial charge in [-0.05, 0) is 31.2 Å². The van der Waals surface area contributed by atoms with Gasteiger partial charge in [0.05, 0.1) is 23.6 Å². The summed E-state index contributed by atoms with van der Waals surface area (Å²) in [5, 5.41) is 1.00. The number of aliphatic imine (C=N–C) groups is 1. The first-order chi connectivity index (χ1) is 11.4. The van der Waals surface area contributed by atoms with Crippen LogP contribution >= 0.6 is 11.3 Å². The molecule has 0 amide bonds. The summed E-state index contributed by atoms with van der Waals surface area (Å²) >= 11 is 1.57. The fourth-order valence-corrected chi connectivity index (χ4v) is 3.31. The maximum absolute atomic E-state index is 11.7. The monoisotopic (exact) mass is 346 g/mol. The second kappa shape index (κ2) is 8.06. The number of ether oxygens (including phenoxy) is 1. The summed E-state index contributed by atoms with van der Waals surface area (Å²) < 4.78 is 7.08. The van der Waals surface area contributed by atoms with E-state index in [1.165, 1.54) is 0 Å². The maximum atomic E-state index is 11.7. The first-order valence-electron chi connectivity index (χ1n) is 7.87. The van der Waals surface area contributed by atoms with E-state index in [1.807, 2.05) is 65.5 Å². The third-order valence-corrected chi connectivity index (χ3v) is 5.04. The minimum atomic E-state index is -0.190. The molecule has 0 aliphatic rings. The Bertz CT molecular complexity index is 733. The van der Waals surface area contributed by atoms with Crippen molar-refractivity contribution in [3.05, 3.63) is 39.8 Å². The van der Waals surface area contributed by atoms with E-state index < -0.39 is 0 Å². The fraction of sp³-hybridized carbons (Fsp3) is 0.389. The van der Waals surface area contributed by atoms with Crippen molar-refractivity contribution < 1.29 is 14.1 Å². The van der Waals surface area contributed by atoms with Gasteiger partial charge in [0.25, 0.3) is 5.01 Å². The zero-order valence-corrected chi connectivity index (χ0v) is 15.7. The molecular weight excluding hydrogens is 322 g/mol. The van der Waals surface area contributed by atoms with Gasteiger partial charge in [-0.3, -0.25) is 4.79 Å². The molecule has 1 aromatic heterocycles. The second-order valence-electron chi connectivity index (χ2n) is 5.66. The molecule has 0 atom stereocenters. The summed E-state index contributed by atoms with van der Waals surface area (Å²) in [6.45, 7) is 4.24. The van der Waals surface area contributed by atoms with Gasteiger partial charge in [-0.25, -0.2) is 4.99 Å². The first-order valence-corrected chi connectivity index (χ1v) is 8.69. The van der Waals surface area contributed by atoms with Crippen LogP contribution in [0.4, 0.5) is 11.4 Å². The Labute approximate surface area is 147 Å². The molecule has 2 aromatic rings. The van der Waals surface area contributed by atoms with Crippen molar-refractivity contribution in [3.63, 3.8) is 0 Å². The lowest BCUT2D eigenvalue weighted by molar-refractivity contribution is -0.673. The van der Waals surface area contributed by atoms with Gasteiger partial charge >= 0.3 is 5.97 Å². The smallest absolute Gasteiger partial charge is 0.311 e. The van der Waals surface area contributed by atoms with Crippen LogP contribution in [-0.4, -0.2) is 32.9 Å². The highest BCUT2D eigenvalue weighted by molar-refractivity contribution is 7.13. The molecule has 0 fully saturated rings. The number of hydrogen-bond acceptors (Lipinski definition) is 5. The Hall–Kier alpha value is -2.21. The lowest BCUT2D eigenvalue weighted by Crippen LogP contribution is -2.33. The normalized spacial score (nSPS) is 11.0. The second-order valence-corrected chi connectivity index (χ2v) is 6.77. The van der Waals surface area contributed by atoms with Gasteiger partial charge in [-0.2, -0.15) is 4.57 Å². The molecule has 0 aliphatic heterocycles. The van der Waals surface area contributed by atoms with Crippen molar-refractivity contribution in [3.8, 4) is 0 Å². The number of hydrogen-bond donors (Lipinski definition) is 0. The largest absolute Gasteiger partial charge is 0.466 e. The number of nitrogens with zero attached hydrogens (tertiary/aromatic N) is 3. The topological polar surface area (TPSA) is 45.8 Å². The van der Waals surface area contributed by atoms with E-state index in [9.17, 15) is 4.79 Å². The number of thiazole rings is 1. The molecule has 0 saturated heterocycles. The van der Waals surface area contributed by atoms with Crippen LogP contribution in [0.2, 0.25) is 0 Å². The minimum Gasteiger partial charge on any atom is -0.466 e. The zero-order valence-electron chi connectivity index (χ0n) is 14.9. The molecular formula is C18H24N3O2S+. The zero-order chi connectivity index (χ0) is 17.7. The number of anilines is 1. The predicted molar refractivity (Wildman–Crippen MR) is 98.6 cm³/mol. The Balaban J connectivity index is 2.15. The SMILES string of the molecule is CCOC(=O)Cc1sc(C=Nc2ccc(N(C)C)cc2)[n+](C)c1C. The molecule has 5 nitrogen and oxygen atoms in total. The molecule has 0 saturated carbocycles. The molecule has 0 aliphatic carbocycles. The Morgan fingerprint density at radius 1 is 1.33 bits per heavy atom. The minimum absolute atomic E-state index is 0.190. The van der Waals surface area contributed by atoms with Crippen LogP contribution in [0.1, 0.15) is 22.5 Å². The third kappa shape index (κ3) is 4.41. The first kappa shape index (κ1) is 18.1. The summed E-state index contributed by atoms with van der Waals surface area (Å²) in [5.41, 5.74) is 3.11. The Morgan fingerprint density at radius 3 is 2.58 bits per heavy atom. The van der Waals surface area contributed by atoms with Crippen LogP contribution in [0.5, 0.6) is 0 Å². The van der Waals surface area contributed by atoms with Crippen molar-refractivity contribution in [1.82, 2.24) is 0 Å². The lowest BCUT2D eigenvalue weighted by atomic mass is 10.3. The molecule has 0 unspecified atom stereocenters. The van der Waals surface area contributed by atoms with Crippen molar-refractivity contribution in [2.45, 2.75) is 20.3 Å². The van der Waals surface area contributed by atoms with Crippen molar-refractivity contribution >= 4 is 34.9 Å². The molecule has 24 heavy (non-hydrogen) atoms. The van der Waals surface area contributed by atoms with E-state index in [0.717, 1.165) is 27.0 Å². The molecule has 0 radical (unpaired) electrons. The van der Waals surface area contributed by atoms with Gasteiger partial charge in [-0.1, -0.05) is 11.3 Å². The van der Waals surface area contributed by atoms with Gasteiger partial charge in [0.1, 0.15) is 13.3 Å². The van der Waals surface area contributed by atoms with E-state index in [-0.39, 0.29) is 5.97 Å². The lowest BCUT2D eigenvalue weighted by Gasteiger charge is -2.11. The molecule has 1 aromatic carbocycles. The van der Waals surface area contributed by atoms with Crippen LogP contribution in [0, 0.1) is 6.92 Å². The summed E-state index contributed by atoms with van der Waals surface area (Å²) in [7, 11) is 6.01. The predicted octanol–water partition coefficient (Wildman–Crippen LogP) is 2.80. The van der Waals surface area contributed by atoms with Crippen LogP contribution in [0.25, 0.3) is 0 Å². The summed E-state index contributed by atoms with van der Waals surface area (Å²) in [6.07, 6.45) is 2.15. The van der Waals surface area contributed by atoms with Crippen LogP contribution < -0.4 is 9.47 Å². The molecule has 0 N–H and O–H groups in total. The van der Waals surface area contributed by atoms with E-state index in [4.69, 9.17) is 4.74 Å². The van der Waals surface area contributed by atoms with Crippen molar-refractivity contribution in [1.29, 1.82) is 0 Å². The van der Waals surface area contributed by atoms with E-state index in [0.29, 0.717) is 13.0 Å². The highest BCUT2D eigenvalue weighted by Gasteiger charge is 2.21. The third-order valence-electron chi connectivity index (χ3n) is 3.77. The van der Waals surface area contributed by atoms with Crippen LogP contribution in [0.3, 0.4) is 0 Å². The number of carbonyl (C=O) groups excluding carboxylic acids is 1. The van der Waals surface area contributed by atoms with Crippen LogP contribution in [0.15, 0.2) is 29.3 Å². The molecule has 0 bridgehead atoms. The number of rotatable bonds is 6. The summed E-state index contributed by atoms with van der Waals surface area (Å²) in [5.74, 6) is -0.190. The van der Waals surface area contributed by atoms with E-state index in [1.54, 1.807) is 11.3 Å². The number of carbonyl (C=O) groups is 1. The Morgan fingerprint density at radius 2 is 2.00 bits per heavy atom. The van der Waals surface area contributed by atoms with Gasteiger partial charge in [0.2, 0.25) is 0 Å². The quantitative estimate of drug-likeness (QED) is 0.459. The Kier molecular flexibility index (Phi) is 6.09. The van der Waals surface area contributed by atoms with Crippen LogP contribution in [-0.2, 0) is 23.0 Å². The van der Waals surface area contributed by atoms with Gasteiger partial charge in [0, 0.05) is 26.7 Å². The molecule has 1 heterocycles. The maximum Gasteiger partial charge on any atom is 0.311 e. The number of esters is 1. The number of aromatic nitrogens is 1. The van der Waals surface area contributed by atoms with E-state index in [2.05, 4.69) is 14.5 Å². The van der Waals surface area contributed by atoms with Gasteiger partial charge in [-0.15, -0.1) is 0 Å². The average Bonchev–Trinajstić information content (AvgIpc) is 2.81. The molecule has 6 heteroatoms. The molecule has 0 spiro atoms. The highest BCUT2D eigenvalue weighted by Crippen LogP contribution is 2.20. The fourth-order valence-electron chi connectivity index (χ4n) is 2.21. The summed E-state index contributed by atoms with van der Waals surface area (Å²) in [4.78, 5) is 19.3.